The molecule has 0 saturated carbocycles. The maximum atomic E-state index is 11.5. The molecule has 0 rings (SSSR count). The molecule has 1 N–H and O–H groups in total. The van der Waals surface area contributed by atoms with Crippen molar-refractivity contribution in [3.63, 3.8) is 0 Å². The Labute approximate surface area is 209 Å². The van der Waals surface area contributed by atoms with Crippen LogP contribution in [0, 0.1) is 0 Å². The van der Waals surface area contributed by atoms with Gasteiger partial charge in [0, 0.05) is 6.54 Å². The van der Waals surface area contributed by atoms with Gasteiger partial charge in [-0.25, -0.2) is 0 Å². The fourth-order valence-corrected chi connectivity index (χ4v) is 3.32. The number of allylic oxidation sites excluding steroid dienone is 1. The van der Waals surface area contributed by atoms with Crippen molar-refractivity contribution in [1.29, 1.82) is 0 Å². The molecule has 0 aliphatic rings. The third kappa shape index (κ3) is 26.8. The van der Waals surface area contributed by atoms with Crippen LogP contribution >= 0.6 is 0 Å². The van der Waals surface area contributed by atoms with Gasteiger partial charge in [-0.15, -0.1) is 0 Å². The van der Waals surface area contributed by atoms with Gasteiger partial charge in [-0.05, 0) is 31.6 Å². The van der Waals surface area contributed by atoms with Crippen molar-refractivity contribution in [2.24, 2.45) is 4.99 Å². The van der Waals surface area contributed by atoms with E-state index in [1.807, 2.05) is 6.08 Å². The van der Waals surface area contributed by atoms with Crippen LogP contribution in [-0.4, -0.2) is 31.2 Å². The smallest absolute Gasteiger partial charge is 0.859 e. The summed E-state index contributed by atoms with van der Waals surface area (Å²) < 4.78 is 29.6. The second kappa shape index (κ2) is 21.5. The van der Waals surface area contributed by atoms with Crippen molar-refractivity contribution < 1.29 is 69.5 Å². The molecule has 0 amide bonds. The SMILES string of the molecule is CCCCCCCCCCCCC/C=C/C([O-])=NCCCCS(=O)(=O)O.[K+]. The van der Waals surface area contributed by atoms with Crippen molar-refractivity contribution in [3.05, 3.63) is 12.2 Å². The van der Waals surface area contributed by atoms with Gasteiger partial charge < -0.3 is 10.1 Å². The molecular weight excluding hydrogens is 389 g/mol. The van der Waals surface area contributed by atoms with Crippen molar-refractivity contribution in [1.82, 2.24) is 0 Å². The van der Waals surface area contributed by atoms with Crippen molar-refractivity contribution >= 4 is 16.0 Å². The Bertz CT molecular complexity index is 478. The Morgan fingerprint density at radius 1 is 0.889 bits per heavy atom. The minimum absolute atomic E-state index is 0. The fraction of sp³-hybridized carbons (Fsp3) is 0.850. The summed E-state index contributed by atoms with van der Waals surface area (Å²) in [4.78, 5) is 3.84. The number of hydrogen-bond donors (Lipinski definition) is 1. The summed E-state index contributed by atoms with van der Waals surface area (Å²) >= 11 is 0. The van der Waals surface area contributed by atoms with Gasteiger partial charge in [0.1, 0.15) is 0 Å². The predicted molar refractivity (Wildman–Crippen MR) is 108 cm³/mol. The molecule has 0 unspecified atom stereocenters. The van der Waals surface area contributed by atoms with Crippen molar-refractivity contribution in [2.75, 3.05) is 12.3 Å². The third-order valence-corrected chi connectivity index (χ3v) is 5.12. The van der Waals surface area contributed by atoms with Gasteiger partial charge in [0.15, 0.2) is 0 Å². The summed E-state index contributed by atoms with van der Waals surface area (Å²) in [7, 11) is -3.90. The minimum atomic E-state index is -3.90. The van der Waals surface area contributed by atoms with Gasteiger partial charge in [0.05, 0.1) is 5.75 Å². The van der Waals surface area contributed by atoms with Gasteiger partial charge in [0.25, 0.3) is 10.1 Å². The molecule has 0 heterocycles. The van der Waals surface area contributed by atoms with E-state index in [2.05, 4.69) is 11.9 Å². The maximum absolute atomic E-state index is 11.5. The molecule has 0 spiro atoms. The molecule has 27 heavy (non-hydrogen) atoms. The topological polar surface area (TPSA) is 89.8 Å². The van der Waals surface area contributed by atoms with Gasteiger partial charge in [-0.3, -0.25) is 4.55 Å². The predicted octanol–water partition coefficient (Wildman–Crippen LogP) is 1.67. The minimum Gasteiger partial charge on any atom is -0.859 e. The molecule has 0 saturated heterocycles. The Kier molecular flexibility index (Phi) is 23.8. The van der Waals surface area contributed by atoms with E-state index >= 15 is 0 Å². The van der Waals surface area contributed by atoms with E-state index in [0.717, 1.165) is 12.8 Å². The van der Waals surface area contributed by atoms with Crippen LogP contribution in [0.5, 0.6) is 0 Å². The molecule has 0 fully saturated rings. The van der Waals surface area contributed by atoms with Gasteiger partial charge in [-0.1, -0.05) is 83.3 Å². The first kappa shape index (κ1) is 30.0. The summed E-state index contributed by atoms with van der Waals surface area (Å²) in [6, 6.07) is 0. The number of aliphatic imine (C=N–C) groups is 1. The van der Waals surface area contributed by atoms with E-state index in [1.165, 1.54) is 70.3 Å². The first-order valence-electron chi connectivity index (χ1n) is 10.3. The van der Waals surface area contributed by atoms with Crippen molar-refractivity contribution in [2.45, 2.75) is 96.8 Å². The Balaban J connectivity index is 0. The van der Waals surface area contributed by atoms with Gasteiger partial charge in [-0.2, -0.15) is 8.42 Å². The van der Waals surface area contributed by atoms with E-state index in [-0.39, 0.29) is 63.0 Å². The van der Waals surface area contributed by atoms with Crippen LogP contribution in [0.1, 0.15) is 96.8 Å². The zero-order valence-corrected chi connectivity index (χ0v) is 21.4. The second-order valence-corrected chi connectivity index (χ2v) is 8.51. The zero-order chi connectivity index (χ0) is 19.5. The standard InChI is InChI=1S/C20H39NO4S.K/c1-2-3-4-5-6-7-8-9-10-11-12-13-14-17-20(22)21-18-15-16-19-26(23,24)25;/h14,17H,2-13,15-16,18-19H2,1H3,(H,21,22)(H,23,24,25);/q;+1/p-1/b17-14+;. The van der Waals surface area contributed by atoms with Crippen LogP contribution in [-0.2, 0) is 10.1 Å². The van der Waals surface area contributed by atoms with E-state index in [4.69, 9.17) is 4.55 Å². The monoisotopic (exact) mass is 427 g/mol. The molecule has 0 aromatic rings. The molecule has 0 atom stereocenters. The molecule has 0 aromatic heterocycles. The molecule has 0 aliphatic carbocycles. The number of unbranched alkanes of at least 4 members (excludes halogenated alkanes) is 12. The maximum Gasteiger partial charge on any atom is 1.00 e. The molecule has 0 aliphatic heterocycles. The molecule has 0 radical (unpaired) electrons. The van der Waals surface area contributed by atoms with Gasteiger partial charge >= 0.3 is 51.4 Å². The third-order valence-electron chi connectivity index (χ3n) is 4.31. The summed E-state index contributed by atoms with van der Waals surface area (Å²) in [5, 5.41) is 11.5. The summed E-state index contributed by atoms with van der Waals surface area (Å²) in [6.07, 6.45) is 19.5. The molecule has 154 valence electrons. The van der Waals surface area contributed by atoms with Crippen LogP contribution in [0.2, 0.25) is 0 Å². The summed E-state index contributed by atoms with van der Waals surface area (Å²) in [6.45, 7) is 2.55. The van der Waals surface area contributed by atoms with Gasteiger partial charge in [0.2, 0.25) is 0 Å². The van der Waals surface area contributed by atoms with Crippen LogP contribution in [0.15, 0.2) is 17.1 Å². The first-order chi connectivity index (χ1) is 12.5. The second-order valence-electron chi connectivity index (χ2n) is 6.94. The van der Waals surface area contributed by atoms with Crippen LogP contribution in [0.3, 0.4) is 0 Å². The van der Waals surface area contributed by atoms with Crippen LogP contribution < -0.4 is 56.5 Å². The normalized spacial score (nSPS) is 12.4. The van der Waals surface area contributed by atoms with Crippen LogP contribution in [0.25, 0.3) is 0 Å². The first-order valence-corrected chi connectivity index (χ1v) is 11.9. The van der Waals surface area contributed by atoms with Crippen LogP contribution in [0.4, 0.5) is 0 Å². The summed E-state index contributed by atoms with van der Waals surface area (Å²) in [5.74, 6) is -0.536. The average molecular weight is 428 g/mol. The molecule has 0 aromatic carbocycles. The molecule has 7 heteroatoms. The van der Waals surface area contributed by atoms with Crippen molar-refractivity contribution in [3.8, 4) is 0 Å². The molecule has 0 bridgehead atoms. The van der Waals surface area contributed by atoms with E-state index in [1.54, 1.807) is 0 Å². The Morgan fingerprint density at radius 3 is 1.93 bits per heavy atom. The quantitative estimate of drug-likeness (QED) is 0.118. The summed E-state index contributed by atoms with van der Waals surface area (Å²) in [5.41, 5.74) is 0. The number of hydrogen-bond acceptors (Lipinski definition) is 4. The number of rotatable bonds is 18. The largest absolute Gasteiger partial charge is 1.00 e. The van der Waals surface area contributed by atoms with E-state index < -0.39 is 10.1 Å². The molecule has 5 nitrogen and oxygen atoms in total. The van der Waals surface area contributed by atoms with E-state index in [0.29, 0.717) is 19.4 Å². The fourth-order valence-electron chi connectivity index (χ4n) is 2.75. The number of nitrogens with zero attached hydrogens (tertiary/aromatic N) is 1. The molecular formula is C20H38KNO4S. The Morgan fingerprint density at radius 2 is 1.41 bits per heavy atom. The van der Waals surface area contributed by atoms with E-state index in [9.17, 15) is 13.5 Å². The Hall–Kier alpha value is 0.756. The zero-order valence-electron chi connectivity index (χ0n) is 17.5. The average Bonchev–Trinajstić information content (AvgIpc) is 2.57.